The van der Waals surface area contributed by atoms with Crippen molar-refractivity contribution in [3.8, 4) is 11.3 Å². The molecular weight excluding hydrogens is 434 g/mol. The van der Waals surface area contributed by atoms with E-state index in [-0.39, 0.29) is 17.6 Å². The minimum absolute atomic E-state index is 0.0305. The Bertz CT molecular complexity index is 1200. The number of carbonyl (C=O) groups excluding carboxylic acids is 3. The molecule has 1 aliphatic carbocycles. The lowest BCUT2D eigenvalue weighted by Gasteiger charge is -2.16. The predicted molar refractivity (Wildman–Crippen MR) is 127 cm³/mol. The van der Waals surface area contributed by atoms with E-state index in [9.17, 15) is 14.4 Å². The number of pyridine rings is 1. The smallest absolute Gasteiger partial charge is 0.339 e. The van der Waals surface area contributed by atoms with Crippen LogP contribution in [0.4, 0.5) is 4.79 Å². The fourth-order valence-electron chi connectivity index (χ4n) is 4.10. The summed E-state index contributed by atoms with van der Waals surface area (Å²) in [7, 11) is 0. The van der Waals surface area contributed by atoms with Gasteiger partial charge in [-0.1, -0.05) is 43.2 Å². The van der Waals surface area contributed by atoms with Crippen molar-refractivity contribution < 1.29 is 19.1 Å². The quantitative estimate of drug-likeness (QED) is 0.534. The van der Waals surface area contributed by atoms with Crippen LogP contribution in [0.15, 0.2) is 42.6 Å². The maximum Gasteiger partial charge on any atom is 0.339 e. The zero-order chi connectivity index (χ0) is 24.2. The van der Waals surface area contributed by atoms with Gasteiger partial charge in [-0.05, 0) is 39.7 Å². The summed E-state index contributed by atoms with van der Waals surface area (Å²) in [5, 5.41) is 9.97. The van der Waals surface area contributed by atoms with Crippen LogP contribution in [0.2, 0.25) is 0 Å². The topological polar surface area (TPSA) is 115 Å². The summed E-state index contributed by atoms with van der Waals surface area (Å²) in [5.74, 6) is -1.37. The van der Waals surface area contributed by atoms with Crippen molar-refractivity contribution in [2.45, 2.75) is 64.6 Å². The van der Waals surface area contributed by atoms with Gasteiger partial charge in [0.15, 0.2) is 11.8 Å². The van der Waals surface area contributed by atoms with E-state index in [1.165, 1.54) is 6.92 Å². The molecule has 1 fully saturated rings. The second-order valence-electron chi connectivity index (χ2n) is 8.83. The molecule has 2 heterocycles. The number of esters is 1. The van der Waals surface area contributed by atoms with Crippen molar-refractivity contribution in [2.24, 2.45) is 0 Å². The number of benzene rings is 1. The van der Waals surface area contributed by atoms with E-state index in [1.54, 1.807) is 16.9 Å². The Labute approximate surface area is 197 Å². The van der Waals surface area contributed by atoms with Gasteiger partial charge in [-0.2, -0.15) is 5.10 Å². The molecule has 1 aromatic carbocycles. The fourth-order valence-corrected chi connectivity index (χ4v) is 4.10. The minimum atomic E-state index is -1.16. The first-order valence-corrected chi connectivity index (χ1v) is 11.6. The molecule has 2 N–H and O–H groups in total. The molecule has 9 nitrogen and oxygen atoms in total. The monoisotopic (exact) mass is 463 g/mol. The van der Waals surface area contributed by atoms with E-state index in [4.69, 9.17) is 9.72 Å². The number of carbonyl (C=O) groups is 3. The standard InChI is InChI=1S/C25H29N5O4/c1-15(2)30-22-20(14-26-30)19(13-21(28-22)17-9-5-4-6-10-17)24(32)34-16(3)23(31)29-25(33)27-18-11-7-8-12-18/h4-6,9-10,13-16,18H,7-8,11-12H2,1-3H3,(H2,27,29,31,33). The van der Waals surface area contributed by atoms with Gasteiger partial charge >= 0.3 is 12.0 Å². The maximum absolute atomic E-state index is 13.1. The molecule has 178 valence electrons. The molecule has 1 aliphatic rings. The van der Waals surface area contributed by atoms with Gasteiger partial charge in [-0.3, -0.25) is 10.1 Å². The number of imide groups is 1. The Morgan fingerprint density at radius 2 is 1.79 bits per heavy atom. The summed E-state index contributed by atoms with van der Waals surface area (Å²) >= 11 is 0. The molecule has 1 unspecified atom stereocenters. The molecule has 3 aromatic rings. The Kier molecular flexibility index (Phi) is 6.90. The molecule has 0 saturated heterocycles. The molecule has 4 rings (SSSR count). The highest BCUT2D eigenvalue weighted by Gasteiger charge is 2.25. The lowest BCUT2D eigenvalue weighted by atomic mass is 10.1. The van der Waals surface area contributed by atoms with E-state index in [0.717, 1.165) is 31.2 Å². The predicted octanol–water partition coefficient (Wildman–Crippen LogP) is 3.99. The third kappa shape index (κ3) is 5.08. The van der Waals surface area contributed by atoms with Crippen molar-refractivity contribution in [2.75, 3.05) is 0 Å². The number of urea groups is 1. The van der Waals surface area contributed by atoms with Gasteiger partial charge < -0.3 is 10.1 Å². The second kappa shape index (κ2) is 10.0. The summed E-state index contributed by atoms with van der Waals surface area (Å²) in [6, 6.07) is 10.7. The van der Waals surface area contributed by atoms with E-state index in [2.05, 4.69) is 15.7 Å². The molecule has 0 aliphatic heterocycles. The van der Waals surface area contributed by atoms with Crippen LogP contribution in [-0.2, 0) is 9.53 Å². The highest BCUT2D eigenvalue weighted by molar-refractivity contribution is 6.05. The van der Waals surface area contributed by atoms with Crippen LogP contribution < -0.4 is 10.6 Å². The van der Waals surface area contributed by atoms with Gasteiger partial charge in [0.1, 0.15) is 0 Å². The van der Waals surface area contributed by atoms with Gasteiger partial charge in [-0.25, -0.2) is 19.3 Å². The first-order chi connectivity index (χ1) is 16.3. The van der Waals surface area contributed by atoms with Crippen LogP contribution in [0.25, 0.3) is 22.3 Å². The number of ether oxygens (including phenoxy) is 1. The Hall–Kier alpha value is -3.75. The summed E-state index contributed by atoms with van der Waals surface area (Å²) in [4.78, 5) is 42.4. The highest BCUT2D eigenvalue weighted by Crippen LogP contribution is 2.27. The number of nitrogens with zero attached hydrogens (tertiary/aromatic N) is 3. The Morgan fingerprint density at radius 3 is 2.47 bits per heavy atom. The van der Waals surface area contributed by atoms with Gasteiger partial charge in [-0.15, -0.1) is 0 Å². The third-order valence-electron chi connectivity index (χ3n) is 5.93. The maximum atomic E-state index is 13.1. The van der Waals surface area contributed by atoms with E-state index in [1.807, 2.05) is 44.2 Å². The van der Waals surface area contributed by atoms with Crippen molar-refractivity contribution in [1.29, 1.82) is 0 Å². The molecule has 1 atom stereocenters. The van der Waals surface area contributed by atoms with Gasteiger partial charge in [0.25, 0.3) is 5.91 Å². The molecule has 0 spiro atoms. The van der Waals surface area contributed by atoms with Crippen molar-refractivity contribution in [1.82, 2.24) is 25.4 Å². The number of rotatable bonds is 6. The minimum Gasteiger partial charge on any atom is -0.449 e. The van der Waals surface area contributed by atoms with Crippen LogP contribution in [0, 0.1) is 0 Å². The Balaban J connectivity index is 1.55. The molecule has 2 aromatic heterocycles. The average Bonchev–Trinajstić information content (AvgIpc) is 3.48. The molecule has 34 heavy (non-hydrogen) atoms. The molecule has 0 radical (unpaired) electrons. The lowest BCUT2D eigenvalue weighted by molar-refractivity contribution is -0.127. The normalized spacial score (nSPS) is 14.8. The fraction of sp³-hybridized carbons (Fsp3) is 0.400. The Morgan fingerprint density at radius 1 is 1.09 bits per heavy atom. The average molecular weight is 464 g/mol. The first kappa shape index (κ1) is 23.4. The zero-order valence-electron chi connectivity index (χ0n) is 19.6. The van der Waals surface area contributed by atoms with Crippen LogP contribution in [0.5, 0.6) is 0 Å². The number of amides is 3. The largest absolute Gasteiger partial charge is 0.449 e. The van der Waals surface area contributed by atoms with Gasteiger partial charge in [0.05, 0.1) is 22.8 Å². The van der Waals surface area contributed by atoms with Crippen molar-refractivity contribution in [3.05, 3.63) is 48.2 Å². The van der Waals surface area contributed by atoms with Crippen LogP contribution in [-0.4, -0.2) is 44.8 Å². The highest BCUT2D eigenvalue weighted by atomic mass is 16.5. The van der Waals surface area contributed by atoms with E-state index < -0.39 is 24.0 Å². The van der Waals surface area contributed by atoms with Crippen LogP contribution in [0.3, 0.4) is 0 Å². The van der Waals surface area contributed by atoms with Crippen molar-refractivity contribution in [3.63, 3.8) is 0 Å². The van der Waals surface area contributed by atoms with E-state index in [0.29, 0.717) is 16.7 Å². The number of hydrogen-bond acceptors (Lipinski definition) is 6. The number of aromatic nitrogens is 3. The van der Waals surface area contributed by atoms with E-state index >= 15 is 0 Å². The number of fused-ring (bicyclic) bond motifs is 1. The lowest BCUT2D eigenvalue weighted by Crippen LogP contribution is -2.47. The molecule has 0 bridgehead atoms. The third-order valence-corrected chi connectivity index (χ3v) is 5.93. The molecular formula is C25H29N5O4. The zero-order valence-corrected chi connectivity index (χ0v) is 19.6. The van der Waals surface area contributed by atoms with Crippen molar-refractivity contribution >= 4 is 28.9 Å². The number of hydrogen-bond donors (Lipinski definition) is 2. The summed E-state index contributed by atoms with van der Waals surface area (Å²) in [6.45, 7) is 5.39. The molecule has 9 heteroatoms. The molecule has 3 amide bonds. The van der Waals surface area contributed by atoms with Gasteiger partial charge in [0, 0.05) is 17.6 Å². The first-order valence-electron chi connectivity index (χ1n) is 11.6. The van der Waals surface area contributed by atoms with Crippen LogP contribution >= 0.6 is 0 Å². The summed E-state index contributed by atoms with van der Waals surface area (Å²) < 4.78 is 7.18. The number of nitrogens with one attached hydrogen (secondary N) is 2. The molecule has 1 saturated carbocycles. The second-order valence-corrected chi connectivity index (χ2v) is 8.83. The van der Waals surface area contributed by atoms with Gasteiger partial charge in [0.2, 0.25) is 0 Å². The summed E-state index contributed by atoms with van der Waals surface area (Å²) in [5.41, 5.74) is 2.24. The van der Waals surface area contributed by atoms with Crippen LogP contribution in [0.1, 0.15) is 62.9 Å². The SMILES string of the molecule is CC(OC(=O)c1cc(-c2ccccc2)nc2c1cnn2C(C)C)C(=O)NC(=O)NC1CCCC1. The summed E-state index contributed by atoms with van der Waals surface area (Å²) in [6.07, 6.45) is 4.34.